The summed E-state index contributed by atoms with van der Waals surface area (Å²) >= 11 is 0. The number of anilines is 1. The Bertz CT molecular complexity index is 744. The van der Waals surface area contributed by atoms with Crippen LogP contribution in [0.25, 0.3) is 0 Å². The summed E-state index contributed by atoms with van der Waals surface area (Å²) in [6.07, 6.45) is 0.432. The van der Waals surface area contributed by atoms with Gasteiger partial charge in [0.05, 0.1) is 11.6 Å². The highest BCUT2D eigenvalue weighted by Crippen LogP contribution is 2.13. The first-order valence-corrected chi connectivity index (χ1v) is 8.02. The number of aryl methyl sites for hydroxylation is 2. The molecule has 0 bridgehead atoms. The van der Waals surface area contributed by atoms with Crippen molar-refractivity contribution in [1.82, 2.24) is 4.90 Å². The lowest BCUT2D eigenvalue weighted by Crippen LogP contribution is -2.24. The summed E-state index contributed by atoms with van der Waals surface area (Å²) in [7, 11) is 2.02. The van der Waals surface area contributed by atoms with Crippen LogP contribution in [0.3, 0.4) is 0 Å². The molecule has 4 heteroatoms. The lowest BCUT2D eigenvalue weighted by atomic mass is 10.1. The molecule has 0 aromatic heterocycles. The number of rotatable bonds is 6. The van der Waals surface area contributed by atoms with Crippen LogP contribution in [0, 0.1) is 25.2 Å². The summed E-state index contributed by atoms with van der Waals surface area (Å²) in [6.45, 7) is 5.73. The third-order valence-corrected chi connectivity index (χ3v) is 3.96. The normalized spacial score (nSPS) is 10.5. The first kappa shape index (κ1) is 17.7. The van der Waals surface area contributed by atoms with Gasteiger partial charge in [0.25, 0.3) is 0 Å². The summed E-state index contributed by atoms with van der Waals surface area (Å²) in [6, 6.07) is 15.4. The molecule has 124 valence electrons. The van der Waals surface area contributed by atoms with E-state index >= 15 is 0 Å². The van der Waals surface area contributed by atoms with E-state index in [1.807, 2.05) is 7.05 Å². The molecule has 0 fully saturated rings. The third-order valence-electron chi connectivity index (χ3n) is 3.96. The van der Waals surface area contributed by atoms with Crippen molar-refractivity contribution in [2.45, 2.75) is 26.8 Å². The fourth-order valence-corrected chi connectivity index (χ4v) is 2.54. The molecule has 0 aliphatic heterocycles. The molecule has 2 aromatic carbocycles. The number of nitrogens with zero attached hydrogens (tertiary/aromatic N) is 2. The van der Waals surface area contributed by atoms with Crippen LogP contribution in [0.15, 0.2) is 42.5 Å². The lowest BCUT2D eigenvalue weighted by molar-refractivity contribution is -0.116. The van der Waals surface area contributed by atoms with Crippen molar-refractivity contribution < 1.29 is 4.79 Å². The third kappa shape index (κ3) is 5.22. The van der Waals surface area contributed by atoms with Crippen molar-refractivity contribution in [3.05, 3.63) is 64.7 Å². The van der Waals surface area contributed by atoms with Crippen LogP contribution >= 0.6 is 0 Å². The van der Waals surface area contributed by atoms with Crippen molar-refractivity contribution in [3.63, 3.8) is 0 Å². The number of carbonyl (C=O) groups is 1. The van der Waals surface area contributed by atoms with E-state index < -0.39 is 0 Å². The number of carbonyl (C=O) groups excluding carboxylic acids is 1. The number of hydrogen-bond acceptors (Lipinski definition) is 3. The van der Waals surface area contributed by atoms with Crippen LogP contribution in [0.4, 0.5) is 5.69 Å². The minimum Gasteiger partial charge on any atom is -0.326 e. The minimum atomic E-state index is -0.0211. The van der Waals surface area contributed by atoms with E-state index in [2.05, 4.69) is 48.3 Å². The maximum Gasteiger partial charge on any atom is 0.225 e. The van der Waals surface area contributed by atoms with Crippen LogP contribution in [0.1, 0.15) is 28.7 Å². The Kier molecular flexibility index (Phi) is 6.11. The second-order valence-corrected chi connectivity index (χ2v) is 6.16. The minimum absolute atomic E-state index is 0.0211. The van der Waals surface area contributed by atoms with Gasteiger partial charge in [0.1, 0.15) is 0 Å². The van der Waals surface area contributed by atoms with E-state index in [0.717, 1.165) is 12.2 Å². The molecule has 4 nitrogen and oxygen atoms in total. The van der Waals surface area contributed by atoms with E-state index in [9.17, 15) is 4.79 Å². The number of amides is 1. The second kappa shape index (κ2) is 8.28. The van der Waals surface area contributed by atoms with Crippen LogP contribution < -0.4 is 5.32 Å². The summed E-state index contributed by atoms with van der Waals surface area (Å²) in [4.78, 5) is 14.2. The molecular weight excluding hydrogens is 298 g/mol. The molecule has 1 amide bonds. The molecule has 0 spiro atoms. The molecule has 0 radical (unpaired) electrons. The fourth-order valence-electron chi connectivity index (χ4n) is 2.54. The van der Waals surface area contributed by atoms with Crippen LogP contribution in [0.5, 0.6) is 0 Å². The van der Waals surface area contributed by atoms with E-state index in [0.29, 0.717) is 18.5 Å². The van der Waals surface area contributed by atoms with Gasteiger partial charge < -0.3 is 10.2 Å². The maximum atomic E-state index is 12.0. The van der Waals surface area contributed by atoms with Gasteiger partial charge in [-0.1, -0.05) is 23.8 Å². The van der Waals surface area contributed by atoms with E-state index in [1.54, 1.807) is 24.3 Å². The molecule has 0 heterocycles. The molecule has 0 atom stereocenters. The fraction of sp³-hybridized carbons (Fsp3) is 0.300. The largest absolute Gasteiger partial charge is 0.326 e. The predicted octanol–water partition coefficient (Wildman–Crippen LogP) is 3.64. The Morgan fingerprint density at radius 2 is 1.88 bits per heavy atom. The smallest absolute Gasteiger partial charge is 0.225 e. The monoisotopic (exact) mass is 321 g/mol. The van der Waals surface area contributed by atoms with Gasteiger partial charge in [0, 0.05) is 25.2 Å². The number of hydrogen-bond donors (Lipinski definition) is 1. The van der Waals surface area contributed by atoms with E-state index in [4.69, 9.17) is 5.26 Å². The Morgan fingerprint density at radius 3 is 2.50 bits per heavy atom. The molecule has 0 saturated carbocycles. The molecule has 0 aliphatic carbocycles. The van der Waals surface area contributed by atoms with Gasteiger partial charge in [-0.25, -0.2) is 0 Å². The van der Waals surface area contributed by atoms with Gasteiger partial charge in [-0.15, -0.1) is 0 Å². The Labute approximate surface area is 143 Å². The quantitative estimate of drug-likeness (QED) is 0.884. The predicted molar refractivity (Wildman–Crippen MR) is 96.7 cm³/mol. The van der Waals surface area contributed by atoms with Gasteiger partial charge in [-0.05, 0) is 56.3 Å². The molecule has 0 unspecified atom stereocenters. The molecule has 2 rings (SSSR count). The molecule has 2 aromatic rings. The Balaban J connectivity index is 1.81. The Hall–Kier alpha value is -2.64. The van der Waals surface area contributed by atoms with Gasteiger partial charge in [0.2, 0.25) is 5.91 Å². The topological polar surface area (TPSA) is 56.1 Å². The first-order valence-electron chi connectivity index (χ1n) is 8.02. The molecular formula is C20H23N3O. The summed E-state index contributed by atoms with van der Waals surface area (Å²) in [5.41, 5.74) is 5.14. The molecule has 24 heavy (non-hydrogen) atoms. The zero-order chi connectivity index (χ0) is 17.5. The zero-order valence-electron chi connectivity index (χ0n) is 14.5. The zero-order valence-corrected chi connectivity index (χ0v) is 14.5. The maximum absolute atomic E-state index is 12.0. The van der Waals surface area contributed by atoms with Crippen molar-refractivity contribution >= 4 is 11.6 Å². The summed E-state index contributed by atoms with van der Waals surface area (Å²) in [5.74, 6) is -0.0211. The SMILES string of the molecule is Cc1ccc(CN(C)CCC(=O)Nc2ccc(C#N)cc2)c(C)c1. The highest BCUT2D eigenvalue weighted by atomic mass is 16.1. The molecule has 0 aliphatic rings. The van der Waals surface area contributed by atoms with Crippen LogP contribution in [-0.4, -0.2) is 24.4 Å². The van der Waals surface area contributed by atoms with Crippen molar-refractivity contribution in [2.24, 2.45) is 0 Å². The van der Waals surface area contributed by atoms with Gasteiger partial charge in [-0.2, -0.15) is 5.26 Å². The molecule has 0 saturated heterocycles. The average molecular weight is 321 g/mol. The second-order valence-electron chi connectivity index (χ2n) is 6.16. The lowest BCUT2D eigenvalue weighted by Gasteiger charge is -2.18. The van der Waals surface area contributed by atoms with Gasteiger partial charge in [-0.3, -0.25) is 4.79 Å². The Morgan fingerprint density at radius 1 is 1.17 bits per heavy atom. The molecule has 1 N–H and O–H groups in total. The van der Waals surface area contributed by atoms with Crippen molar-refractivity contribution in [2.75, 3.05) is 18.9 Å². The van der Waals surface area contributed by atoms with Crippen molar-refractivity contribution in [3.8, 4) is 6.07 Å². The van der Waals surface area contributed by atoms with Crippen LogP contribution in [-0.2, 0) is 11.3 Å². The standard InChI is InChI=1S/C20H23N3O/c1-15-4-7-18(16(2)12-15)14-23(3)11-10-20(24)22-19-8-5-17(13-21)6-9-19/h4-9,12H,10-11,14H2,1-3H3,(H,22,24). The first-order chi connectivity index (χ1) is 11.5. The van der Waals surface area contributed by atoms with E-state index in [1.165, 1.54) is 16.7 Å². The van der Waals surface area contributed by atoms with Gasteiger partial charge in [0.15, 0.2) is 0 Å². The highest BCUT2D eigenvalue weighted by molar-refractivity contribution is 5.90. The summed E-state index contributed by atoms with van der Waals surface area (Å²) < 4.78 is 0. The van der Waals surface area contributed by atoms with E-state index in [-0.39, 0.29) is 5.91 Å². The number of nitrogens with one attached hydrogen (secondary N) is 1. The number of nitriles is 1. The summed E-state index contributed by atoms with van der Waals surface area (Å²) in [5, 5.41) is 11.6. The van der Waals surface area contributed by atoms with Crippen LogP contribution in [0.2, 0.25) is 0 Å². The van der Waals surface area contributed by atoms with Gasteiger partial charge >= 0.3 is 0 Å². The highest BCUT2D eigenvalue weighted by Gasteiger charge is 2.07. The number of benzene rings is 2. The van der Waals surface area contributed by atoms with Crippen molar-refractivity contribution in [1.29, 1.82) is 5.26 Å². The average Bonchev–Trinajstić information content (AvgIpc) is 2.56.